The molecule has 8 nitrogen and oxygen atoms in total. The molecule has 0 atom stereocenters. The molecular formula is C23H21Br2N5O3. The molecule has 3 rings (SSSR count). The molecule has 0 aliphatic heterocycles. The van der Waals surface area contributed by atoms with Gasteiger partial charge in [0, 0.05) is 15.6 Å². The summed E-state index contributed by atoms with van der Waals surface area (Å²) in [4.78, 5) is 19.3. The fraction of sp³-hybridized carbons (Fsp3) is 0.217. The molecule has 0 bridgehead atoms. The number of hydrogen-bond acceptors (Lipinski definition) is 7. The van der Waals surface area contributed by atoms with Crippen LogP contribution in [0.25, 0.3) is 11.3 Å². The molecule has 0 saturated heterocycles. The Morgan fingerprint density at radius 2 is 2.00 bits per heavy atom. The first kappa shape index (κ1) is 24.5. The number of hydrazone groups is 1. The number of aromatic nitrogens is 2. The average molecular weight is 575 g/mol. The van der Waals surface area contributed by atoms with Crippen LogP contribution >= 0.6 is 31.9 Å². The van der Waals surface area contributed by atoms with E-state index in [1.165, 1.54) is 0 Å². The first-order chi connectivity index (χ1) is 15.8. The molecule has 10 heteroatoms. The molecule has 0 saturated carbocycles. The summed E-state index contributed by atoms with van der Waals surface area (Å²) in [6.07, 6.45) is 1.52. The number of H-pyrrole nitrogens is 1. The van der Waals surface area contributed by atoms with E-state index in [-0.39, 0.29) is 23.3 Å². The van der Waals surface area contributed by atoms with Gasteiger partial charge in [-0.25, -0.2) is 10.4 Å². The molecule has 0 aliphatic rings. The van der Waals surface area contributed by atoms with Crippen molar-refractivity contribution in [2.45, 2.75) is 26.9 Å². The maximum atomic E-state index is 12.4. The van der Waals surface area contributed by atoms with E-state index >= 15 is 0 Å². The van der Waals surface area contributed by atoms with E-state index in [0.29, 0.717) is 33.7 Å². The molecule has 1 aromatic heterocycles. The Labute approximate surface area is 207 Å². The molecule has 0 aliphatic carbocycles. The van der Waals surface area contributed by atoms with Crippen molar-refractivity contribution in [1.29, 1.82) is 5.26 Å². The first-order valence-electron chi connectivity index (χ1n) is 10.1. The average Bonchev–Trinajstić information content (AvgIpc) is 2.79. The predicted octanol–water partition coefficient (Wildman–Crippen LogP) is 5.47. The van der Waals surface area contributed by atoms with Crippen molar-refractivity contribution in [1.82, 2.24) is 9.97 Å². The van der Waals surface area contributed by atoms with Gasteiger partial charge in [-0.05, 0) is 58.7 Å². The lowest BCUT2D eigenvalue weighted by Crippen LogP contribution is -2.16. The molecule has 2 aromatic carbocycles. The zero-order chi connectivity index (χ0) is 24.0. The summed E-state index contributed by atoms with van der Waals surface area (Å²) in [5, 5.41) is 13.6. The molecule has 170 valence electrons. The fourth-order valence-electron chi connectivity index (χ4n) is 2.90. The van der Waals surface area contributed by atoms with Crippen LogP contribution in [0.15, 0.2) is 55.2 Å². The lowest BCUT2D eigenvalue weighted by atomic mass is 10.1. The van der Waals surface area contributed by atoms with Crippen molar-refractivity contribution >= 4 is 44.0 Å². The smallest absolute Gasteiger partial charge is 0.270 e. The Morgan fingerprint density at radius 1 is 1.27 bits per heavy atom. The van der Waals surface area contributed by atoms with Gasteiger partial charge < -0.3 is 9.47 Å². The van der Waals surface area contributed by atoms with Crippen LogP contribution in [-0.4, -0.2) is 28.9 Å². The number of nitriles is 1. The zero-order valence-electron chi connectivity index (χ0n) is 18.1. The van der Waals surface area contributed by atoms with Crippen molar-refractivity contribution in [2.24, 2.45) is 5.10 Å². The van der Waals surface area contributed by atoms with E-state index in [1.54, 1.807) is 24.4 Å². The minimum atomic E-state index is -0.554. The van der Waals surface area contributed by atoms with Gasteiger partial charge in [0.2, 0.25) is 5.95 Å². The minimum Gasteiger partial charge on any atom is -0.490 e. The molecule has 2 N–H and O–H groups in total. The van der Waals surface area contributed by atoms with Gasteiger partial charge in [0.05, 0.1) is 29.1 Å². The quantitative estimate of drug-likeness (QED) is 0.273. The minimum absolute atomic E-state index is 0.0355. The van der Waals surface area contributed by atoms with Gasteiger partial charge in [0.15, 0.2) is 11.5 Å². The Bertz CT molecular complexity index is 1270. The molecule has 0 unspecified atom stereocenters. The summed E-state index contributed by atoms with van der Waals surface area (Å²) in [5.74, 6) is 1.27. The van der Waals surface area contributed by atoms with Gasteiger partial charge in [-0.2, -0.15) is 10.4 Å². The number of ether oxygens (including phenoxy) is 2. The van der Waals surface area contributed by atoms with E-state index in [1.807, 2.05) is 45.0 Å². The maximum absolute atomic E-state index is 12.4. The highest BCUT2D eigenvalue weighted by molar-refractivity contribution is 9.13. The number of nitrogens with zero attached hydrogens (tertiary/aromatic N) is 3. The van der Waals surface area contributed by atoms with Gasteiger partial charge in [0.1, 0.15) is 11.6 Å². The molecule has 0 spiro atoms. The Balaban J connectivity index is 1.94. The van der Waals surface area contributed by atoms with Gasteiger partial charge in [-0.15, -0.1) is 0 Å². The molecule has 3 aromatic rings. The third-order valence-corrected chi connectivity index (χ3v) is 6.40. The highest BCUT2D eigenvalue weighted by Crippen LogP contribution is 2.43. The summed E-state index contributed by atoms with van der Waals surface area (Å²) in [5.41, 5.74) is 3.74. The first-order valence-corrected chi connectivity index (χ1v) is 11.6. The number of hydrogen-bond donors (Lipinski definition) is 2. The van der Waals surface area contributed by atoms with Crippen LogP contribution < -0.4 is 20.5 Å². The number of anilines is 1. The standard InChI is InChI=1S/C23H21Br2N5O3/c1-4-32-17-10-15(18(24)19(25)21(17)33-13(2)3)12-27-30-23-28-20(14-8-6-5-7-9-14)16(11-26)22(31)29-23/h5-10,12-13H,4H2,1-3H3,(H2,28,29,30,31). The van der Waals surface area contributed by atoms with Crippen LogP contribution in [0.1, 0.15) is 31.9 Å². The monoisotopic (exact) mass is 573 g/mol. The summed E-state index contributed by atoms with van der Waals surface area (Å²) in [6.45, 7) is 6.23. The molecule has 0 radical (unpaired) electrons. The molecule has 0 fully saturated rings. The van der Waals surface area contributed by atoms with Crippen LogP contribution in [-0.2, 0) is 0 Å². The lowest BCUT2D eigenvalue weighted by Gasteiger charge is -2.18. The van der Waals surface area contributed by atoms with Crippen molar-refractivity contribution in [2.75, 3.05) is 12.0 Å². The number of nitrogens with one attached hydrogen (secondary N) is 2. The third-order valence-electron chi connectivity index (χ3n) is 4.26. The molecule has 33 heavy (non-hydrogen) atoms. The highest BCUT2D eigenvalue weighted by Gasteiger charge is 2.18. The second-order valence-corrected chi connectivity index (χ2v) is 8.59. The van der Waals surface area contributed by atoms with E-state index in [4.69, 9.17) is 9.47 Å². The number of benzene rings is 2. The summed E-state index contributed by atoms with van der Waals surface area (Å²) < 4.78 is 13.0. The van der Waals surface area contributed by atoms with Gasteiger partial charge >= 0.3 is 0 Å². The van der Waals surface area contributed by atoms with E-state index in [2.05, 4.69) is 52.4 Å². The lowest BCUT2D eigenvalue weighted by molar-refractivity contribution is 0.222. The highest BCUT2D eigenvalue weighted by atomic mass is 79.9. The van der Waals surface area contributed by atoms with Crippen LogP contribution in [0.2, 0.25) is 0 Å². The fourth-order valence-corrected chi connectivity index (χ4v) is 3.82. The third kappa shape index (κ3) is 5.80. The summed E-state index contributed by atoms with van der Waals surface area (Å²) in [7, 11) is 0. The second-order valence-electron chi connectivity index (χ2n) is 7.01. The molecule has 1 heterocycles. The second kappa shape index (κ2) is 11.1. The van der Waals surface area contributed by atoms with Gasteiger partial charge in [0.25, 0.3) is 5.56 Å². The predicted molar refractivity (Wildman–Crippen MR) is 135 cm³/mol. The van der Waals surface area contributed by atoms with Crippen molar-refractivity contribution in [3.8, 4) is 28.8 Å². The molecule has 0 amide bonds. The number of halogens is 2. The Hall–Kier alpha value is -3.16. The number of rotatable bonds is 8. The summed E-state index contributed by atoms with van der Waals surface area (Å²) >= 11 is 7.11. The van der Waals surface area contributed by atoms with Crippen LogP contribution in [0, 0.1) is 11.3 Å². The number of aromatic amines is 1. The van der Waals surface area contributed by atoms with Crippen LogP contribution in [0.4, 0.5) is 5.95 Å². The van der Waals surface area contributed by atoms with E-state index in [9.17, 15) is 10.1 Å². The normalized spacial score (nSPS) is 10.9. The topological polar surface area (TPSA) is 112 Å². The van der Waals surface area contributed by atoms with E-state index < -0.39 is 5.56 Å². The Morgan fingerprint density at radius 3 is 2.64 bits per heavy atom. The largest absolute Gasteiger partial charge is 0.490 e. The van der Waals surface area contributed by atoms with Crippen LogP contribution in [0.5, 0.6) is 11.5 Å². The zero-order valence-corrected chi connectivity index (χ0v) is 21.3. The van der Waals surface area contributed by atoms with Crippen LogP contribution in [0.3, 0.4) is 0 Å². The van der Waals surface area contributed by atoms with E-state index in [0.717, 1.165) is 4.47 Å². The SMILES string of the molecule is CCOc1cc(C=NNc2nc(-c3ccccc3)c(C#N)c(=O)[nH]2)c(Br)c(Br)c1OC(C)C. The van der Waals surface area contributed by atoms with Crippen molar-refractivity contribution in [3.05, 3.63) is 66.8 Å². The molecular weight excluding hydrogens is 554 g/mol. The van der Waals surface area contributed by atoms with Crippen molar-refractivity contribution in [3.63, 3.8) is 0 Å². The summed E-state index contributed by atoms with van der Waals surface area (Å²) in [6, 6.07) is 12.7. The van der Waals surface area contributed by atoms with Crippen molar-refractivity contribution < 1.29 is 9.47 Å². The maximum Gasteiger partial charge on any atom is 0.270 e. The Kier molecular flexibility index (Phi) is 8.25. The van der Waals surface area contributed by atoms with Gasteiger partial charge in [-0.3, -0.25) is 9.78 Å². The van der Waals surface area contributed by atoms with Gasteiger partial charge in [-0.1, -0.05) is 30.3 Å².